The first kappa shape index (κ1) is 9.22. The van der Waals surface area contributed by atoms with Gasteiger partial charge in [0, 0.05) is 10.8 Å². The second kappa shape index (κ2) is 3.81. The molecule has 0 radical (unpaired) electrons. The number of aromatic hydroxyl groups is 1. The van der Waals surface area contributed by atoms with Crippen LogP contribution in [0.25, 0.3) is 0 Å². The molecule has 1 fully saturated rings. The van der Waals surface area contributed by atoms with Gasteiger partial charge in [0.25, 0.3) is 0 Å². The molecule has 0 aromatic heterocycles. The first-order chi connectivity index (χ1) is 6.27. The van der Waals surface area contributed by atoms with E-state index in [4.69, 9.17) is 11.6 Å². The van der Waals surface area contributed by atoms with Crippen molar-refractivity contribution in [2.75, 3.05) is 11.5 Å². The number of hydrogen-bond donors (Lipinski definition) is 1. The molecule has 0 spiro atoms. The average Bonchev–Trinajstić information content (AvgIpc) is 2.56. The summed E-state index contributed by atoms with van der Waals surface area (Å²) in [5.74, 6) is 3.21. The van der Waals surface area contributed by atoms with E-state index in [9.17, 15) is 5.11 Å². The van der Waals surface area contributed by atoms with Crippen molar-refractivity contribution in [2.24, 2.45) is 0 Å². The zero-order valence-corrected chi connectivity index (χ0v) is 8.74. The third-order valence-electron chi connectivity index (χ3n) is 2.35. The standard InChI is InChI=1S/C10H11ClOS/c11-10-5-8(12)1-2-9(10)7-3-4-13-6-7/h1-2,5,7,12H,3-4,6H2. The zero-order valence-electron chi connectivity index (χ0n) is 7.16. The predicted octanol–water partition coefficient (Wildman–Crippen LogP) is 3.27. The van der Waals surface area contributed by atoms with Gasteiger partial charge >= 0.3 is 0 Å². The molecule has 0 saturated carbocycles. The topological polar surface area (TPSA) is 20.2 Å². The summed E-state index contributed by atoms with van der Waals surface area (Å²) in [4.78, 5) is 0. The lowest BCUT2D eigenvalue weighted by molar-refractivity contribution is 0.475. The molecule has 70 valence electrons. The summed E-state index contributed by atoms with van der Waals surface area (Å²) in [5, 5.41) is 9.89. The predicted molar refractivity (Wildman–Crippen MR) is 57.8 cm³/mol. The minimum absolute atomic E-state index is 0.249. The van der Waals surface area contributed by atoms with Crippen LogP contribution >= 0.6 is 23.4 Å². The fourth-order valence-corrected chi connectivity index (χ4v) is 3.20. The van der Waals surface area contributed by atoms with Gasteiger partial charge < -0.3 is 5.11 Å². The van der Waals surface area contributed by atoms with Gasteiger partial charge in [-0.25, -0.2) is 0 Å². The van der Waals surface area contributed by atoms with Crippen LogP contribution in [0, 0.1) is 0 Å². The summed E-state index contributed by atoms with van der Waals surface area (Å²) < 4.78 is 0. The molecule has 1 saturated heterocycles. The number of phenolic OH excluding ortho intramolecular Hbond substituents is 1. The Labute approximate surface area is 87.1 Å². The highest BCUT2D eigenvalue weighted by Crippen LogP contribution is 2.36. The largest absolute Gasteiger partial charge is 0.508 e. The van der Waals surface area contributed by atoms with E-state index in [2.05, 4.69) is 0 Å². The first-order valence-corrected chi connectivity index (χ1v) is 5.87. The molecule has 1 nitrogen and oxygen atoms in total. The number of phenols is 1. The molecule has 1 aromatic rings. The summed E-state index contributed by atoms with van der Waals surface area (Å²) in [6.45, 7) is 0. The van der Waals surface area contributed by atoms with Crippen LogP contribution in [-0.4, -0.2) is 16.6 Å². The molecule has 1 N–H and O–H groups in total. The smallest absolute Gasteiger partial charge is 0.117 e. The van der Waals surface area contributed by atoms with Crippen molar-refractivity contribution < 1.29 is 5.11 Å². The highest BCUT2D eigenvalue weighted by Gasteiger charge is 2.19. The van der Waals surface area contributed by atoms with E-state index in [1.54, 1.807) is 12.1 Å². The van der Waals surface area contributed by atoms with E-state index < -0.39 is 0 Å². The zero-order chi connectivity index (χ0) is 9.26. The van der Waals surface area contributed by atoms with Crippen LogP contribution in [0.1, 0.15) is 17.9 Å². The molecule has 1 heterocycles. The maximum absolute atomic E-state index is 9.19. The number of benzene rings is 1. The maximum Gasteiger partial charge on any atom is 0.117 e. The summed E-state index contributed by atoms with van der Waals surface area (Å²) in [6, 6.07) is 5.28. The molecule has 3 heteroatoms. The molecule has 1 aromatic carbocycles. The Hall–Kier alpha value is -0.340. The highest BCUT2D eigenvalue weighted by atomic mass is 35.5. The molecule has 1 aliphatic heterocycles. The normalized spacial score (nSPS) is 22.1. The van der Waals surface area contributed by atoms with Crippen LogP contribution in [0.2, 0.25) is 5.02 Å². The van der Waals surface area contributed by atoms with Crippen LogP contribution in [-0.2, 0) is 0 Å². The molecule has 13 heavy (non-hydrogen) atoms. The molecular formula is C10H11ClOS. The van der Waals surface area contributed by atoms with Crippen molar-refractivity contribution in [3.8, 4) is 5.75 Å². The minimum Gasteiger partial charge on any atom is -0.508 e. The third kappa shape index (κ3) is 1.94. The second-order valence-electron chi connectivity index (χ2n) is 3.27. The van der Waals surface area contributed by atoms with E-state index in [1.165, 1.54) is 17.7 Å². The summed E-state index contributed by atoms with van der Waals surface area (Å²) in [6.07, 6.45) is 1.20. The van der Waals surface area contributed by atoms with E-state index in [1.807, 2.05) is 17.8 Å². The van der Waals surface area contributed by atoms with Gasteiger partial charge in [-0.2, -0.15) is 11.8 Å². The number of hydrogen-bond acceptors (Lipinski definition) is 2. The van der Waals surface area contributed by atoms with Crippen molar-refractivity contribution in [3.05, 3.63) is 28.8 Å². The van der Waals surface area contributed by atoms with Gasteiger partial charge in [-0.15, -0.1) is 0 Å². The second-order valence-corrected chi connectivity index (χ2v) is 4.82. The van der Waals surface area contributed by atoms with Crippen molar-refractivity contribution in [1.29, 1.82) is 0 Å². The van der Waals surface area contributed by atoms with Crippen LogP contribution in [0.15, 0.2) is 18.2 Å². The van der Waals surface area contributed by atoms with Gasteiger partial charge in [0.05, 0.1) is 0 Å². The Kier molecular flexibility index (Phi) is 2.70. The molecule has 1 unspecified atom stereocenters. The molecule has 0 aliphatic carbocycles. The molecule has 1 aliphatic rings. The van der Waals surface area contributed by atoms with E-state index in [0.717, 1.165) is 5.75 Å². The Morgan fingerprint density at radius 2 is 2.31 bits per heavy atom. The Morgan fingerprint density at radius 3 is 2.92 bits per heavy atom. The van der Waals surface area contributed by atoms with Crippen molar-refractivity contribution >= 4 is 23.4 Å². The molecule has 0 bridgehead atoms. The van der Waals surface area contributed by atoms with Gasteiger partial charge in [0.2, 0.25) is 0 Å². The summed E-state index contributed by atoms with van der Waals surface area (Å²) in [5.41, 5.74) is 1.18. The first-order valence-electron chi connectivity index (χ1n) is 4.33. The lowest BCUT2D eigenvalue weighted by Gasteiger charge is -2.10. The van der Waals surface area contributed by atoms with Gasteiger partial charge in [0.15, 0.2) is 0 Å². The quantitative estimate of drug-likeness (QED) is 0.775. The maximum atomic E-state index is 9.19. The van der Waals surface area contributed by atoms with E-state index in [0.29, 0.717) is 10.9 Å². The summed E-state index contributed by atoms with van der Waals surface area (Å²) >= 11 is 8.01. The van der Waals surface area contributed by atoms with E-state index in [-0.39, 0.29) is 5.75 Å². The fraction of sp³-hybridized carbons (Fsp3) is 0.400. The number of halogens is 1. The monoisotopic (exact) mass is 214 g/mol. The molecular weight excluding hydrogens is 204 g/mol. The van der Waals surface area contributed by atoms with E-state index >= 15 is 0 Å². The molecule has 0 amide bonds. The van der Waals surface area contributed by atoms with Gasteiger partial charge in [-0.1, -0.05) is 17.7 Å². The molecule has 1 atom stereocenters. The third-order valence-corrected chi connectivity index (χ3v) is 3.84. The lowest BCUT2D eigenvalue weighted by Crippen LogP contribution is -1.96. The van der Waals surface area contributed by atoms with Gasteiger partial charge in [0.1, 0.15) is 5.75 Å². The van der Waals surface area contributed by atoms with Crippen LogP contribution < -0.4 is 0 Å². The van der Waals surface area contributed by atoms with Crippen LogP contribution in [0.4, 0.5) is 0 Å². The van der Waals surface area contributed by atoms with Crippen molar-refractivity contribution in [2.45, 2.75) is 12.3 Å². The molecule has 2 rings (SSSR count). The highest BCUT2D eigenvalue weighted by molar-refractivity contribution is 7.99. The average molecular weight is 215 g/mol. The van der Waals surface area contributed by atoms with Crippen LogP contribution in [0.3, 0.4) is 0 Å². The Bertz CT molecular complexity index is 308. The van der Waals surface area contributed by atoms with Gasteiger partial charge in [-0.3, -0.25) is 0 Å². The SMILES string of the molecule is Oc1ccc(C2CCSC2)c(Cl)c1. The Balaban J connectivity index is 2.29. The minimum atomic E-state index is 0.249. The van der Waals surface area contributed by atoms with Crippen molar-refractivity contribution in [3.63, 3.8) is 0 Å². The number of rotatable bonds is 1. The van der Waals surface area contributed by atoms with Crippen molar-refractivity contribution in [1.82, 2.24) is 0 Å². The fourth-order valence-electron chi connectivity index (χ4n) is 1.63. The van der Waals surface area contributed by atoms with Gasteiger partial charge in [-0.05, 0) is 35.8 Å². The number of thioether (sulfide) groups is 1. The lowest BCUT2D eigenvalue weighted by atomic mass is 9.99. The Morgan fingerprint density at radius 1 is 1.46 bits per heavy atom. The summed E-state index contributed by atoms with van der Waals surface area (Å²) in [7, 11) is 0. The van der Waals surface area contributed by atoms with Crippen LogP contribution in [0.5, 0.6) is 5.75 Å².